The fraction of sp³-hybridized carbons (Fsp3) is 0.368. The van der Waals surface area contributed by atoms with Crippen molar-refractivity contribution in [3.05, 3.63) is 60.2 Å². The molecule has 0 atom stereocenters. The minimum absolute atomic E-state index is 0.739. The van der Waals surface area contributed by atoms with Gasteiger partial charge in [0.05, 0.1) is 13.2 Å². The van der Waals surface area contributed by atoms with E-state index in [4.69, 9.17) is 9.47 Å². The van der Waals surface area contributed by atoms with Crippen LogP contribution in [-0.2, 0) is 6.42 Å². The minimum atomic E-state index is 0.739. The minimum Gasteiger partial charge on any atom is -0.494 e. The number of hydrogen-bond donors (Lipinski definition) is 0. The molecule has 2 aromatic rings. The number of aryl methyl sites for hydroxylation is 1. The Morgan fingerprint density at radius 1 is 0.727 bits per heavy atom. The van der Waals surface area contributed by atoms with Crippen LogP contribution in [0.4, 0.5) is 0 Å². The fourth-order valence-electron chi connectivity index (χ4n) is 2.16. The van der Waals surface area contributed by atoms with Gasteiger partial charge in [-0.3, -0.25) is 0 Å². The zero-order valence-electron chi connectivity index (χ0n) is 12.8. The molecule has 0 aromatic heterocycles. The third kappa shape index (κ3) is 6.69. The molecule has 2 aromatic carbocycles. The number of halogens is 1. The van der Waals surface area contributed by atoms with E-state index in [2.05, 4.69) is 40.8 Å². The summed E-state index contributed by atoms with van der Waals surface area (Å²) in [5.41, 5.74) is 1.36. The van der Waals surface area contributed by atoms with Crippen molar-refractivity contribution in [1.82, 2.24) is 0 Å². The molecular formula is C19H23IO2. The molecule has 0 heterocycles. The molecule has 0 aliphatic rings. The van der Waals surface area contributed by atoms with Crippen molar-refractivity contribution >= 4 is 22.6 Å². The Kier molecular flexibility index (Phi) is 8.17. The topological polar surface area (TPSA) is 18.5 Å². The van der Waals surface area contributed by atoms with Gasteiger partial charge in [0.1, 0.15) is 11.5 Å². The Bertz CT molecular complexity index is 528. The molecular weight excluding hydrogens is 387 g/mol. The normalized spacial score (nSPS) is 10.4. The summed E-state index contributed by atoms with van der Waals surface area (Å²) in [5.74, 6) is 1.92. The van der Waals surface area contributed by atoms with Crippen molar-refractivity contribution in [3.8, 4) is 11.5 Å². The molecule has 0 bridgehead atoms. The number of benzene rings is 2. The average molecular weight is 410 g/mol. The first-order valence-electron chi connectivity index (χ1n) is 7.84. The fourth-order valence-corrected chi connectivity index (χ4v) is 2.54. The molecule has 22 heavy (non-hydrogen) atoms. The van der Waals surface area contributed by atoms with Crippen LogP contribution in [0.15, 0.2) is 54.6 Å². The second-order valence-corrected chi connectivity index (χ2v) is 6.24. The predicted molar refractivity (Wildman–Crippen MR) is 100 cm³/mol. The monoisotopic (exact) mass is 410 g/mol. The molecule has 0 unspecified atom stereocenters. The Labute approximate surface area is 147 Å². The molecule has 0 saturated heterocycles. The Morgan fingerprint density at radius 2 is 1.41 bits per heavy atom. The zero-order chi connectivity index (χ0) is 15.5. The van der Waals surface area contributed by atoms with Gasteiger partial charge in [0.2, 0.25) is 0 Å². The van der Waals surface area contributed by atoms with Gasteiger partial charge in [-0.25, -0.2) is 0 Å². The van der Waals surface area contributed by atoms with Crippen LogP contribution < -0.4 is 9.47 Å². The van der Waals surface area contributed by atoms with Gasteiger partial charge in [-0.15, -0.1) is 0 Å². The second-order valence-electron chi connectivity index (χ2n) is 5.16. The number of hydrogen-bond acceptors (Lipinski definition) is 2. The molecule has 0 N–H and O–H groups in total. The maximum absolute atomic E-state index is 5.82. The van der Waals surface area contributed by atoms with Gasteiger partial charge in [-0.2, -0.15) is 0 Å². The van der Waals surface area contributed by atoms with E-state index in [-0.39, 0.29) is 0 Å². The van der Waals surface area contributed by atoms with Gasteiger partial charge in [0.15, 0.2) is 0 Å². The summed E-state index contributed by atoms with van der Waals surface area (Å²) in [7, 11) is 0. The van der Waals surface area contributed by atoms with Crippen molar-refractivity contribution in [3.63, 3.8) is 0 Å². The van der Waals surface area contributed by atoms with Crippen molar-refractivity contribution < 1.29 is 9.47 Å². The SMILES string of the molecule is ICCCc1cccc(OCCCCOc2ccccc2)c1. The largest absolute Gasteiger partial charge is 0.494 e. The van der Waals surface area contributed by atoms with Gasteiger partial charge in [0, 0.05) is 0 Å². The van der Waals surface area contributed by atoms with E-state index in [0.717, 1.165) is 44.0 Å². The Morgan fingerprint density at radius 3 is 2.14 bits per heavy atom. The third-order valence-corrected chi connectivity index (χ3v) is 4.08. The lowest BCUT2D eigenvalue weighted by molar-refractivity contribution is 0.266. The molecule has 3 heteroatoms. The van der Waals surface area contributed by atoms with Crippen LogP contribution in [0.2, 0.25) is 0 Å². The van der Waals surface area contributed by atoms with Gasteiger partial charge in [-0.05, 0) is 59.9 Å². The van der Waals surface area contributed by atoms with Crippen LogP contribution in [-0.4, -0.2) is 17.6 Å². The average Bonchev–Trinajstić information content (AvgIpc) is 2.57. The molecule has 0 radical (unpaired) electrons. The summed E-state index contributed by atoms with van der Waals surface area (Å²) in [6, 6.07) is 18.4. The Hall–Kier alpha value is -1.23. The summed E-state index contributed by atoms with van der Waals surface area (Å²) < 4.78 is 12.7. The predicted octanol–water partition coefficient (Wildman–Crippen LogP) is 5.29. The molecule has 0 fully saturated rings. The molecule has 0 aliphatic carbocycles. The van der Waals surface area contributed by atoms with Crippen molar-refractivity contribution in [2.45, 2.75) is 25.7 Å². The van der Waals surface area contributed by atoms with Crippen LogP contribution in [0.1, 0.15) is 24.8 Å². The highest BCUT2D eigenvalue weighted by molar-refractivity contribution is 14.1. The van der Waals surface area contributed by atoms with E-state index in [1.165, 1.54) is 16.4 Å². The highest BCUT2D eigenvalue weighted by Crippen LogP contribution is 2.15. The van der Waals surface area contributed by atoms with E-state index in [9.17, 15) is 0 Å². The van der Waals surface area contributed by atoms with Gasteiger partial charge in [0.25, 0.3) is 0 Å². The first kappa shape index (κ1) is 17.1. The van der Waals surface area contributed by atoms with Crippen LogP contribution >= 0.6 is 22.6 Å². The first-order valence-corrected chi connectivity index (χ1v) is 9.36. The molecule has 0 spiro atoms. The lowest BCUT2D eigenvalue weighted by Gasteiger charge is -2.09. The molecule has 0 amide bonds. The summed E-state index contributed by atoms with van der Waals surface area (Å²) >= 11 is 2.42. The van der Waals surface area contributed by atoms with Crippen LogP contribution in [0.5, 0.6) is 11.5 Å². The van der Waals surface area contributed by atoms with Gasteiger partial charge >= 0.3 is 0 Å². The van der Waals surface area contributed by atoms with E-state index in [0.29, 0.717) is 0 Å². The lowest BCUT2D eigenvalue weighted by Crippen LogP contribution is -2.02. The van der Waals surface area contributed by atoms with Crippen LogP contribution in [0, 0.1) is 0 Å². The summed E-state index contributed by atoms with van der Waals surface area (Å²) in [5, 5.41) is 0. The maximum Gasteiger partial charge on any atom is 0.119 e. The number of rotatable bonds is 10. The van der Waals surface area contributed by atoms with E-state index >= 15 is 0 Å². The highest BCUT2D eigenvalue weighted by atomic mass is 127. The first-order chi connectivity index (χ1) is 10.9. The molecule has 2 rings (SSSR count). The maximum atomic E-state index is 5.82. The number of unbranched alkanes of at least 4 members (excludes halogenated alkanes) is 1. The van der Waals surface area contributed by atoms with Crippen LogP contribution in [0.3, 0.4) is 0 Å². The van der Waals surface area contributed by atoms with Gasteiger partial charge < -0.3 is 9.47 Å². The molecule has 0 saturated carbocycles. The van der Waals surface area contributed by atoms with Crippen molar-refractivity contribution in [2.75, 3.05) is 17.6 Å². The molecule has 118 valence electrons. The summed E-state index contributed by atoms with van der Waals surface area (Å²) in [4.78, 5) is 0. The molecule has 0 aliphatic heterocycles. The second kappa shape index (κ2) is 10.5. The van der Waals surface area contributed by atoms with E-state index in [1.807, 2.05) is 36.4 Å². The van der Waals surface area contributed by atoms with E-state index < -0.39 is 0 Å². The van der Waals surface area contributed by atoms with E-state index in [1.54, 1.807) is 0 Å². The number of alkyl halides is 1. The number of para-hydroxylation sites is 1. The standard InChI is InChI=1S/C19H23IO2/c20-13-7-9-17-8-6-12-19(16-17)22-15-5-4-14-21-18-10-2-1-3-11-18/h1-3,6,8,10-12,16H,4-5,7,9,13-15H2. The highest BCUT2D eigenvalue weighted by Gasteiger charge is 1.98. The number of ether oxygens (including phenoxy) is 2. The van der Waals surface area contributed by atoms with Crippen LogP contribution in [0.25, 0.3) is 0 Å². The smallest absolute Gasteiger partial charge is 0.119 e. The lowest BCUT2D eigenvalue weighted by atomic mass is 10.1. The Balaban J connectivity index is 1.60. The summed E-state index contributed by atoms with van der Waals surface area (Å²) in [6.45, 7) is 1.48. The quantitative estimate of drug-likeness (QED) is 0.301. The van der Waals surface area contributed by atoms with Crippen molar-refractivity contribution in [1.29, 1.82) is 0 Å². The van der Waals surface area contributed by atoms with Crippen molar-refractivity contribution in [2.24, 2.45) is 0 Å². The summed E-state index contributed by atoms with van der Waals surface area (Å²) in [6.07, 6.45) is 4.36. The molecule has 2 nitrogen and oxygen atoms in total. The third-order valence-electron chi connectivity index (χ3n) is 3.32. The van der Waals surface area contributed by atoms with Gasteiger partial charge in [-0.1, -0.05) is 52.9 Å². The zero-order valence-corrected chi connectivity index (χ0v) is 15.0.